The van der Waals surface area contributed by atoms with Crippen molar-refractivity contribution in [2.45, 2.75) is 0 Å². The van der Waals surface area contributed by atoms with Gasteiger partial charge in [0.05, 0.1) is 0 Å². The molecule has 0 N–H and O–H groups in total. The van der Waals surface area contributed by atoms with E-state index in [1.54, 1.807) is 19.2 Å². The van der Waals surface area contributed by atoms with E-state index in [-0.39, 0.29) is 0 Å². The molecule has 2 nitrogen and oxygen atoms in total. The van der Waals surface area contributed by atoms with E-state index in [9.17, 15) is 4.79 Å². The fraction of sp³-hybridized carbons (Fsp3) is 0.0769. The number of aldehydes is 1. The van der Waals surface area contributed by atoms with E-state index < -0.39 is 0 Å². The van der Waals surface area contributed by atoms with Crippen molar-refractivity contribution >= 4 is 17.6 Å². The van der Waals surface area contributed by atoms with Crippen LogP contribution in [0.4, 0.5) is 0 Å². The molecule has 2 heteroatoms. The number of nitrogens with zero attached hydrogens (tertiary/aromatic N) is 1. The Bertz CT molecular complexity index is 402. The summed E-state index contributed by atoms with van der Waals surface area (Å²) in [7, 11) is 1.60. The van der Waals surface area contributed by atoms with Crippen molar-refractivity contribution in [3.8, 4) is 0 Å². The Balaban J connectivity index is 3.21. The highest BCUT2D eigenvalue weighted by atomic mass is 16.1. The lowest BCUT2D eigenvalue weighted by Gasteiger charge is -2.04. The van der Waals surface area contributed by atoms with Gasteiger partial charge in [0.15, 0.2) is 6.29 Å². The summed E-state index contributed by atoms with van der Waals surface area (Å²) in [6, 6.07) is 9.64. The SMILES string of the molecule is C=C/C=C(\C(C=O)=NC)c1ccccc1. The average Bonchev–Trinajstić information content (AvgIpc) is 2.30. The van der Waals surface area contributed by atoms with Crippen LogP contribution in [0.2, 0.25) is 0 Å². The summed E-state index contributed by atoms with van der Waals surface area (Å²) in [5.41, 5.74) is 2.19. The summed E-state index contributed by atoms with van der Waals surface area (Å²) in [5.74, 6) is 0. The van der Waals surface area contributed by atoms with E-state index in [2.05, 4.69) is 11.6 Å². The monoisotopic (exact) mass is 199 g/mol. The minimum atomic E-state index is 0.432. The predicted octanol–water partition coefficient (Wildman–Crippen LogP) is 2.53. The highest BCUT2D eigenvalue weighted by molar-refractivity contribution is 6.49. The zero-order valence-corrected chi connectivity index (χ0v) is 8.68. The van der Waals surface area contributed by atoms with Gasteiger partial charge in [-0.3, -0.25) is 9.79 Å². The van der Waals surface area contributed by atoms with Gasteiger partial charge in [-0.25, -0.2) is 0 Å². The largest absolute Gasteiger partial charge is 0.296 e. The highest BCUT2D eigenvalue weighted by Crippen LogP contribution is 2.15. The fourth-order valence-corrected chi connectivity index (χ4v) is 1.30. The van der Waals surface area contributed by atoms with Gasteiger partial charge in [-0.05, 0) is 5.56 Å². The quantitative estimate of drug-likeness (QED) is 0.416. The van der Waals surface area contributed by atoms with Crippen LogP contribution in [0.3, 0.4) is 0 Å². The van der Waals surface area contributed by atoms with Crippen molar-refractivity contribution in [1.29, 1.82) is 0 Å². The molecule has 0 heterocycles. The van der Waals surface area contributed by atoms with Gasteiger partial charge in [-0.1, -0.05) is 49.1 Å². The summed E-state index contributed by atoms with van der Waals surface area (Å²) in [6.07, 6.45) is 4.19. The first kappa shape index (κ1) is 11.1. The van der Waals surface area contributed by atoms with Gasteiger partial charge < -0.3 is 0 Å². The topological polar surface area (TPSA) is 29.4 Å². The van der Waals surface area contributed by atoms with Crippen LogP contribution in [0.25, 0.3) is 5.57 Å². The lowest BCUT2D eigenvalue weighted by molar-refractivity contribution is -0.102. The number of carbonyl (C=O) groups excluding carboxylic acids is 1. The number of rotatable bonds is 4. The van der Waals surface area contributed by atoms with Crippen molar-refractivity contribution < 1.29 is 4.79 Å². The van der Waals surface area contributed by atoms with Crippen LogP contribution in [0.15, 0.2) is 54.1 Å². The van der Waals surface area contributed by atoms with Gasteiger partial charge in [0.1, 0.15) is 5.71 Å². The van der Waals surface area contributed by atoms with E-state index >= 15 is 0 Å². The summed E-state index contributed by atoms with van der Waals surface area (Å²) >= 11 is 0. The molecule has 0 saturated heterocycles. The minimum Gasteiger partial charge on any atom is -0.296 e. The molecule has 0 fully saturated rings. The molecular formula is C13H13NO. The first-order valence-corrected chi connectivity index (χ1v) is 4.64. The Morgan fingerprint density at radius 3 is 2.47 bits per heavy atom. The highest BCUT2D eigenvalue weighted by Gasteiger charge is 2.06. The molecular weight excluding hydrogens is 186 g/mol. The summed E-state index contributed by atoms with van der Waals surface area (Å²) in [4.78, 5) is 14.8. The molecule has 1 aromatic carbocycles. The lowest BCUT2D eigenvalue weighted by atomic mass is 10.0. The van der Waals surface area contributed by atoms with Crippen molar-refractivity contribution in [2.75, 3.05) is 7.05 Å². The van der Waals surface area contributed by atoms with Crippen LogP contribution in [-0.2, 0) is 4.79 Å². The Labute approximate surface area is 89.7 Å². The molecule has 0 aliphatic rings. The maximum absolute atomic E-state index is 10.8. The van der Waals surface area contributed by atoms with Gasteiger partial charge >= 0.3 is 0 Å². The minimum absolute atomic E-state index is 0.432. The number of carbonyl (C=O) groups is 1. The molecule has 0 bridgehead atoms. The third kappa shape index (κ3) is 2.74. The summed E-state index contributed by atoms with van der Waals surface area (Å²) < 4.78 is 0. The predicted molar refractivity (Wildman–Crippen MR) is 64.0 cm³/mol. The van der Waals surface area contributed by atoms with Crippen molar-refractivity contribution in [1.82, 2.24) is 0 Å². The second-order valence-corrected chi connectivity index (χ2v) is 2.91. The van der Waals surface area contributed by atoms with Crippen LogP contribution >= 0.6 is 0 Å². The third-order valence-electron chi connectivity index (χ3n) is 2.00. The number of hydrogen-bond acceptors (Lipinski definition) is 2. The molecule has 1 rings (SSSR count). The third-order valence-corrected chi connectivity index (χ3v) is 2.00. The molecule has 0 spiro atoms. The van der Waals surface area contributed by atoms with E-state index in [1.807, 2.05) is 30.3 Å². The molecule has 0 atom stereocenters. The lowest BCUT2D eigenvalue weighted by Crippen LogP contribution is -2.03. The average molecular weight is 199 g/mol. The molecule has 1 aromatic rings. The van der Waals surface area contributed by atoms with Crippen molar-refractivity contribution in [3.05, 3.63) is 54.6 Å². The molecule has 0 unspecified atom stereocenters. The van der Waals surface area contributed by atoms with Crippen molar-refractivity contribution in [2.24, 2.45) is 4.99 Å². The molecule has 0 amide bonds. The molecule has 0 saturated carbocycles. The second-order valence-electron chi connectivity index (χ2n) is 2.91. The van der Waals surface area contributed by atoms with E-state index in [1.165, 1.54) is 0 Å². The fourth-order valence-electron chi connectivity index (χ4n) is 1.30. The zero-order chi connectivity index (χ0) is 11.1. The normalized spacial score (nSPS) is 12.3. The van der Waals surface area contributed by atoms with E-state index in [0.29, 0.717) is 5.71 Å². The number of allylic oxidation sites excluding steroid dienone is 3. The maximum atomic E-state index is 10.8. The van der Waals surface area contributed by atoms with Crippen LogP contribution in [0.5, 0.6) is 0 Å². The number of aliphatic imine (C=N–C) groups is 1. The summed E-state index contributed by atoms with van der Waals surface area (Å²) in [6.45, 7) is 3.63. The van der Waals surface area contributed by atoms with E-state index in [4.69, 9.17) is 0 Å². The molecule has 76 valence electrons. The number of benzene rings is 1. The molecule has 0 radical (unpaired) electrons. The van der Waals surface area contributed by atoms with Crippen LogP contribution in [0, 0.1) is 0 Å². The first-order valence-electron chi connectivity index (χ1n) is 4.64. The summed E-state index contributed by atoms with van der Waals surface area (Å²) in [5, 5.41) is 0. The van der Waals surface area contributed by atoms with Gasteiger partial charge in [-0.2, -0.15) is 0 Å². The molecule has 0 aliphatic heterocycles. The maximum Gasteiger partial charge on any atom is 0.168 e. The molecule has 15 heavy (non-hydrogen) atoms. The zero-order valence-electron chi connectivity index (χ0n) is 8.68. The van der Waals surface area contributed by atoms with E-state index in [0.717, 1.165) is 17.4 Å². The Hall–Kier alpha value is -1.96. The standard InChI is InChI=1S/C13H13NO/c1-3-7-12(13(10-15)14-2)11-8-5-4-6-9-11/h3-10H,1H2,2H3/b12-7-,14-13?. The Morgan fingerprint density at radius 1 is 1.33 bits per heavy atom. The van der Waals surface area contributed by atoms with Gasteiger partial charge in [0.25, 0.3) is 0 Å². The van der Waals surface area contributed by atoms with Crippen LogP contribution < -0.4 is 0 Å². The Morgan fingerprint density at radius 2 is 2.00 bits per heavy atom. The van der Waals surface area contributed by atoms with Crippen LogP contribution in [0.1, 0.15) is 5.56 Å². The molecule has 0 aliphatic carbocycles. The Kier molecular flexibility index (Phi) is 4.23. The van der Waals surface area contributed by atoms with Crippen LogP contribution in [-0.4, -0.2) is 19.0 Å². The van der Waals surface area contributed by atoms with Gasteiger partial charge in [-0.15, -0.1) is 0 Å². The van der Waals surface area contributed by atoms with Gasteiger partial charge in [0.2, 0.25) is 0 Å². The smallest absolute Gasteiger partial charge is 0.168 e. The van der Waals surface area contributed by atoms with Crippen molar-refractivity contribution in [3.63, 3.8) is 0 Å². The van der Waals surface area contributed by atoms with Gasteiger partial charge in [0, 0.05) is 12.6 Å². The second kappa shape index (κ2) is 5.70. The molecule has 0 aromatic heterocycles. The number of hydrogen-bond donors (Lipinski definition) is 0. The first-order chi connectivity index (χ1) is 7.33.